The van der Waals surface area contributed by atoms with E-state index in [4.69, 9.17) is 9.47 Å². The van der Waals surface area contributed by atoms with E-state index in [2.05, 4.69) is 15.5 Å². The van der Waals surface area contributed by atoms with Crippen LogP contribution in [0.1, 0.15) is 36.1 Å². The molecule has 2 N–H and O–H groups in total. The van der Waals surface area contributed by atoms with E-state index in [9.17, 15) is 9.59 Å². The van der Waals surface area contributed by atoms with Crippen molar-refractivity contribution >= 4 is 11.9 Å². The average molecular weight is 397 g/mol. The molecular formula is C22H27N3O4. The summed E-state index contributed by atoms with van der Waals surface area (Å²) in [6, 6.07) is 14.0. The number of likely N-dealkylation sites (tertiary alicyclic amines) is 1. The Balaban J connectivity index is 2.01. The molecule has 3 amide bonds. The summed E-state index contributed by atoms with van der Waals surface area (Å²) in [7, 11) is 4.75. The average Bonchev–Trinajstić information content (AvgIpc) is 3.23. The molecule has 7 heteroatoms. The number of nitrogens with one attached hydrogen (secondary N) is 2. The summed E-state index contributed by atoms with van der Waals surface area (Å²) >= 11 is 0. The molecule has 1 aliphatic heterocycles. The Morgan fingerprint density at radius 3 is 2.52 bits per heavy atom. The Labute approximate surface area is 171 Å². The van der Waals surface area contributed by atoms with Crippen molar-refractivity contribution in [2.75, 3.05) is 27.8 Å². The van der Waals surface area contributed by atoms with Gasteiger partial charge >= 0.3 is 6.03 Å². The Morgan fingerprint density at radius 1 is 1.10 bits per heavy atom. The number of nitrogens with zero attached hydrogens (tertiary/aromatic N) is 1. The number of rotatable bonds is 6. The lowest BCUT2D eigenvalue weighted by Gasteiger charge is -2.33. The van der Waals surface area contributed by atoms with Gasteiger partial charge in [-0.15, -0.1) is 0 Å². The third kappa shape index (κ3) is 4.51. The van der Waals surface area contributed by atoms with Crippen LogP contribution in [-0.4, -0.2) is 44.7 Å². The Bertz CT molecular complexity index is 856. The van der Waals surface area contributed by atoms with Crippen LogP contribution in [-0.2, 0) is 4.79 Å². The van der Waals surface area contributed by atoms with Crippen molar-refractivity contribution in [3.05, 3.63) is 59.7 Å². The van der Waals surface area contributed by atoms with Crippen molar-refractivity contribution in [3.63, 3.8) is 0 Å². The number of imide groups is 1. The number of hydrogen-bond donors (Lipinski definition) is 2. The molecule has 0 radical (unpaired) electrons. The summed E-state index contributed by atoms with van der Waals surface area (Å²) in [6.07, 6.45) is 1.81. The monoisotopic (exact) mass is 397 g/mol. The zero-order valence-electron chi connectivity index (χ0n) is 17.0. The molecule has 0 aromatic heterocycles. The molecule has 0 spiro atoms. The highest BCUT2D eigenvalue weighted by Gasteiger charge is 2.38. The maximum atomic E-state index is 13.1. The van der Waals surface area contributed by atoms with Gasteiger partial charge in [0.15, 0.2) is 0 Å². The van der Waals surface area contributed by atoms with Crippen LogP contribution in [0, 0.1) is 0 Å². The van der Waals surface area contributed by atoms with Gasteiger partial charge in [-0.05, 0) is 43.1 Å². The number of carbonyl (C=O) groups is 2. The fourth-order valence-electron chi connectivity index (χ4n) is 3.90. The van der Waals surface area contributed by atoms with E-state index >= 15 is 0 Å². The second-order valence-corrected chi connectivity index (χ2v) is 6.89. The molecule has 1 aliphatic rings. The fraction of sp³-hybridized carbons (Fsp3) is 0.364. The van der Waals surface area contributed by atoms with Crippen LogP contribution in [0.5, 0.6) is 11.5 Å². The van der Waals surface area contributed by atoms with Gasteiger partial charge in [-0.1, -0.05) is 30.3 Å². The van der Waals surface area contributed by atoms with E-state index < -0.39 is 12.1 Å². The zero-order chi connectivity index (χ0) is 20.8. The molecular weight excluding hydrogens is 370 g/mol. The second kappa shape index (κ2) is 9.43. The maximum absolute atomic E-state index is 13.1. The van der Waals surface area contributed by atoms with E-state index in [1.807, 2.05) is 48.5 Å². The van der Waals surface area contributed by atoms with Crippen LogP contribution < -0.4 is 20.1 Å². The first-order chi connectivity index (χ1) is 14.1. The van der Waals surface area contributed by atoms with Gasteiger partial charge in [-0.3, -0.25) is 15.0 Å². The van der Waals surface area contributed by atoms with Crippen LogP contribution in [0.25, 0.3) is 0 Å². The lowest BCUT2D eigenvalue weighted by molar-refractivity contribution is -0.126. The number of urea groups is 1. The van der Waals surface area contributed by atoms with Crippen molar-refractivity contribution in [1.29, 1.82) is 0 Å². The molecule has 0 unspecified atom stereocenters. The van der Waals surface area contributed by atoms with Crippen LogP contribution >= 0.6 is 0 Å². The minimum Gasteiger partial charge on any atom is -0.497 e. The van der Waals surface area contributed by atoms with Crippen LogP contribution in [0.2, 0.25) is 0 Å². The smallest absolute Gasteiger partial charge is 0.321 e. The molecule has 2 aromatic carbocycles. The van der Waals surface area contributed by atoms with Gasteiger partial charge in [0.25, 0.3) is 0 Å². The Kier molecular flexibility index (Phi) is 6.72. The molecule has 0 bridgehead atoms. The molecule has 2 aromatic rings. The van der Waals surface area contributed by atoms with E-state index in [0.29, 0.717) is 0 Å². The lowest BCUT2D eigenvalue weighted by atomic mass is 9.98. The SMILES string of the molecule is CNC(=O)NC(=O)[C@H](c1ccccc1)N1CCC[C@@H]1c1cc(OC)ccc1OC. The quantitative estimate of drug-likeness (QED) is 0.783. The molecule has 1 saturated heterocycles. The Hall–Kier alpha value is -3.06. The summed E-state index contributed by atoms with van der Waals surface area (Å²) in [6.45, 7) is 0.728. The first-order valence-corrected chi connectivity index (χ1v) is 9.64. The largest absolute Gasteiger partial charge is 0.497 e. The van der Waals surface area contributed by atoms with Crippen molar-refractivity contribution in [3.8, 4) is 11.5 Å². The van der Waals surface area contributed by atoms with Gasteiger partial charge in [0, 0.05) is 18.7 Å². The van der Waals surface area contributed by atoms with Crippen molar-refractivity contribution in [1.82, 2.24) is 15.5 Å². The van der Waals surface area contributed by atoms with Crippen LogP contribution in [0.4, 0.5) is 4.79 Å². The highest BCUT2D eigenvalue weighted by atomic mass is 16.5. The number of amides is 3. The van der Waals surface area contributed by atoms with Gasteiger partial charge < -0.3 is 14.8 Å². The predicted octanol–water partition coefficient (Wildman–Crippen LogP) is 3.04. The van der Waals surface area contributed by atoms with E-state index in [1.54, 1.807) is 14.2 Å². The van der Waals surface area contributed by atoms with Crippen LogP contribution in [0.15, 0.2) is 48.5 Å². The number of carbonyl (C=O) groups excluding carboxylic acids is 2. The standard InChI is InChI=1S/C22H27N3O4/c1-23-22(27)24-21(26)20(15-8-5-4-6-9-15)25-13-7-10-18(25)17-14-16(28-2)11-12-19(17)29-3/h4-6,8-9,11-12,14,18,20H,7,10,13H2,1-3H3,(H2,23,24,26,27)/t18-,20+/m1/s1. The molecule has 1 heterocycles. The van der Waals surface area contributed by atoms with Gasteiger partial charge in [0.2, 0.25) is 5.91 Å². The Morgan fingerprint density at radius 2 is 1.86 bits per heavy atom. The highest BCUT2D eigenvalue weighted by Crippen LogP contribution is 2.43. The first-order valence-electron chi connectivity index (χ1n) is 9.64. The maximum Gasteiger partial charge on any atom is 0.321 e. The summed E-state index contributed by atoms with van der Waals surface area (Å²) in [4.78, 5) is 27.0. The fourth-order valence-corrected chi connectivity index (χ4v) is 3.90. The number of hydrogen-bond acceptors (Lipinski definition) is 5. The van der Waals surface area contributed by atoms with Gasteiger partial charge in [0.1, 0.15) is 17.5 Å². The number of ether oxygens (including phenoxy) is 2. The van der Waals surface area contributed by atoms with Crippen molar-refractivity contribution < 1.29 is 19.1 Å². The topological polar surface area (TPSA) is 79.9 Å². The number of methoxy groups -OCH3 is 2. The highest BCUT2D eigenvalue weighted by molar-refractivity contribution is 5.97. The van der Waals surface area contributed by atoms with Gasteiger partial charge in [-0.25, -0.2) is 4.79 Å². The van der Waals surface area contributed by atoms with E-state index in [1.165, 1.54) is 7.05 Å². The third-order valence-corrected chi connectivity index (χ3v) is 5.25. The molecule has 0 aliphatic carbocycles. The zero-order valence-corrected chi connectivity index (χ0v) is 17.0. The van der Waals surface area contributed by atoms with E-state index in [0.717, 1.165) is 42.0 Å². The molecule has 154 valence electrons. The summed E-state index contributed by atoms with van der Waals surface area (Å²) in [5.74, 6) is 1.13. The normalized spacial score (nSPS) is 17.4. The van der Waals surface area contributed by atoms with Crippen molar-refractivity contribution in [2.24, 2.45) is 0 Å². The third-order valence-electron chi connectivity index (χ3n) is 5.25. The summed E-state index contributed by atoms with van der Waals surface area (Å²) < 4.78 is 11.0. The summed E-state index contributed by atoms with van der Waals surface area (Å²) in [5, 5.41) is 4.88. The van der Waals surface area contributed by atoms with Crippen molar-refractivity contribution in [2.45, 2.75) is 24.9 Å². The molecule has 0 saturated carbocycles. The number of benzene rings is 2. The minimum atomic E-state index is -0.600. The van der Waals surface area contributed by atoms with Gasteiger partial charge in [-0.2, -0.15) is 0 Å². The summed E-state index contributed by atoms with van der Waals surface area (Å²) in [5.41, 5.74) is 1.81. The predicted molar refractivity (Wildman–Crippen MR) is 110 cm³/mol. The molecule has 7 nitrogen and oxygen atoms in total. The lowest BCUT2D eigenvalue weighted by Crippen LogP contribution is -2.45. The van der Waals surface area contributed by atoms with Gasteiger partial charge in [0.05, 0.1) is 14.2 Å². The first kappa shape index (κ1) is 20.7. The molecule has 3 rings (SSSR count). The minimum absolute atomic E-state index is 0.0410. The molecule has 2 atom stereocenters. The van der Waals surface area contributed by atoms with Crippen LogP contribution in [0.3, 0.4) is 0 Å². The molecule has 1 fully saturated rings. The van der Waals surface area contributed by atoms with E-state index in [-0.39, 0.29) is 11.9 Å². The molecule has 29 heavy (non-hydrogen) atoms. The second-order valence-electron chi connectivity index (χ2n) is 6.89.